The predicted octanol–water partition coefficient (Wildman–Crippen LogP) is 5.01. The number of carbonyl (C=O) groups excluding carboxylic acids is 2. The van der Waals surface area contributed by atoms with Gasteiger partial charge in [0.25, 0.3) is 5.91 Å². The van der Waals surface area contributed by atoms with Gasteiger partial charge in [-0.1, -0.05) is 24.3 Å². The second kappa shape index (κ2) is 9.53. The van der Waals surface area contributed by atoms with Gasteiger partial charge in [-0.2, -0.15) is 0 Å². The van der Waals surface area contributed by atoms with Crippen molar-refractivity contribution in [1.29, 1.82) is 0 Å². The normalized spacial score (nSPS) is 17.9. The molecular weight excluding hydrogens is 416 g/mol. The quantitative estimate of drug-likeness (QED) is 0.652. The number of anilines is 1. The first kappa shape index (κ1) is 22.6. The standard InChI is InChI=1S/C27H30N2O4/c1-5-33-22-14-13-18(15-23(22)32-4)25-24(27(31)29-19-10-7-6-9-16(19)2)17(3)28-20-11-8-12-21(30)26(20)25/h6-7,9-10,13-15,25,28H,5,8,11-12H2,1-4H3,(H,29,31)/t25-/m1/s1. The number of allylic oxidation sites excluding steroid dienone is 3. The Kier molecular flexibility index (Phi) is 6.54. The number of Topliss-reactive ketones (excluding diaryl/α,β-unsaturated/α-hetero) is 1. The molecule has 0 saturated carbocycles. The van der Waals surface area contributed by atoms with Crippen LogP contribution in [0.5, 0.6) is 11.5 Å². The molecule has 0 aromatic heterocycles. The highest BCUT2D eigenvalue weighted by Crippen LogP contribution is 2.44. The summed E-state index contributed by atoms with van der Waals surface area (Å²) in [5, 5.41) is 6.42. The summed E-state index contributed by atoms with van der Waals surface area (Å²) in [6, 6.07) is 13.3. The summed E-state index contributed by atoms with van der Waals surface area (Å²) < 4.78 is 11.2. The summed E-state index contributed by atoms with van der Waals surface area (Å²) >= 11 is 0. The molecule has 0 radical (unpaired) electrons. The van der Waals surface area contributed by atoms with E-state index in [0.29, 0.717) is 35.7 Å². The van der Waals surface area contributed by atoms with Gasteiger partial charge in [0, 0.05) is 40.6 Å². The molecule has 172 valence electrons. The molecule has 1 amide bonds. The molecule has 2 aromatic carbocycles. The number of ketones is 1. The van der Waals surface area contributed by atoms with Crippen molar-refractivity contribution in [2.24, 2.45) is 0 Å². The lowest BCUT2D eigenvalue weighted by Crippen LogP contribution is -2.35. The summed E-state index contributed by atoms with van der Waals surface area (Å²) in [5.41, 5.74) is 5.43. The fraction of sp³-hybridized carbons (Fsp3) is 0.333. The van der Waals surface area contributed by atoms with Crippen molar-refractivity contribution in [3.05, 3.63) is 76.1 Å². The van der Waals surface area contributed by atoms with Crippen LogP contribution in [0.25, 0.3) is 0 Å². The van der Waals surface area contributed by atoms with E-state index in [4.69, 9.17) is 9.47 Å². The Morgan fingerprint density at radius 2 is 1.91 bits per heavy atom. The molecule has 2 aliphatic rings. The van der Waals surface area contributed by atoms with Gasteiger partial charge in [-0.25, -0.2) is 0 Å². The summed E-state index contributed by atoms with van der Waals surface area (Å²) in [4.78, 5) is 26.7. The molecule has 1 atom stereocenters. The SMILES string of the molecule is CCOc1ccc([C@@H]2C(C(=O)Nc3ccccc3C)=C(C)NC3=C2C(=O)CCC3)cc1OC. The van der Waals surface area contributed by atoms with E-state index in [1.54, 1.807) is 7.11 Å². The molecule has 1 aliphatic carbocycles. The average Bonchev–Trinajstić information content (AvgIpc) is 2.80. The second-order valence-electron chi connectivity index (χ2n) is 8.38. The van der Waals surface area contributed by atoms with Gasteiger partial charge in [-0.05, 0) is 62.9 Å². The van der Waals surface area contributed by atoms with Gasteiger partial charge in [0.1, 0.15) is 0 Å². The van der Waals surface area contributed by atoms with Gasteiger partial charge in [-0.3, -0.25) is 9.59 Å². The number of methoxy groups -OCH3 is 1. The van der Waals surface area contributed by atoms with Crippen molar-refractivity contribution < 1.29 is 19.1 Å². The highest BCUT2D eigenvalue weighted by Gasteiger charge is 2.38. The summed E-state index contributed by atoms with van der Waals surface area (Å²) in [6.45, 7) is 6.28. The molecule has 0 unspecified atom stereocenters. The molecule has 4 rings (SSSR count). The van der Waals surface area contributed by atoms with Crippen molar-refractivity contribution >= 4 is 17.4 Å². The first-order valence-corrected chi connectivity index (χ1v) is 11.4. The van der Waals surface area contributed by atoms with Crippen molar-refractivity contribution in [3.63, 3.8) is 0 Å². The van der Waals surface area contributed by atoms with E-state index in [1.165, 1.54) is 0 Å². The molecule has 0 saturated heterocycles. The Bertz CT molecular complexity index is 1160. The number of rotatable bonds is 6. The van der Waals surface area contributed by atoms with Crippen molar-refractivity contribution in [1.82, 2.24) is 5.32 Å². The fourth-order valence-electron chi connectivity index (χ4n) is 4.66. The summed E-state index contributed by atoms with van der Waals surface area (Å²) in [6.07, 6.45) is 2.08. The van der Waals surface area contributed by atoms with Crippen LogP contribution in [0.4, 0.5) is 5.69 Å². The molecular formula is C27H30N2O4. The van der Waals surface area contributed by atoms with E-state index in [9.17, 15) is 9.59 Å². The van der Waals surface area contributed by atoms with Crippen LogP contribution in [0.1, 0.15) is 50.2 Å². The van der Waals surface area contributed by atoms with Gasteiger partial charge in [0.05, 0.1) is 13.7 Å². The molecule has 1 heterocycles. The van der Waals surface area contributed by atoms with Gasteiger partial charge < -0.3 is 20.1 Å². The maximum absolute atomic E-state index is 13.6. The molecule has 0 fully saturated rings. The van der Waals surface area contributed by atoms with E-state index < -0.39 is 5.92 Å². The smallest absolute Gasteiger partial charge is 0.254 e. The topological polar surface area (TPSA) is 76.7 Å². The Hall–Kier alpha value is -3.54. The highest BCUT2D eigenvalue weighted by atomic mass is 16.5. The lowest BCUT2D eigenvalue weighted by molar-refractivity contribution is -0.116. The monoisotopic (exact) mass is 446 g/mol. The lowest BCUT2D eigenvalue weighted by Gasteiger charge is -2.34. The molecule has 6 heteroatoms. The van der Waals surface area contributed by atoms with Crippen molar-refractivity contribution in [3.8, 4) is 11.5 Å². The zero-order chi connectivity index (χ0) is 23.5. The maximum Gasteiger partial charge on any atom is 0.254 e. The van der Waals surface area contributed by atoms with Crippen LogP contribution >= 0.6 is 0 Å². The van der Waals surface area contributed by atoms with Gasteiger partial charge in [-0.15, -0.1) is 0 Å². The second-order valence-corrected chi connectivity index (χ2v) is 8.38. The fourth-order valence-corrected chi connectivity index (χ4v) is 4.66. The number of benzene rings is 2. The number of nitrogens with one attached hydrogen (secondary N) is 2. The van der Waals surface area contributed by atoms with Crippen LogP contribution in [0.3, 0.4) is 0 Å². The zero-order valence-electron chi connectivity index (χ0n) is 19.6. The van der Waals surface area contributed by atoms with E-state index in [2.05, 4.69) is 10.6 Å². The summed E-state index contributed by atoms with van der Waals surface area (Å²) in [5.74, 6) is 0.582. The Balaban J connectivity index is 1.82. The number of hydrogen-bond donors (Lipinski definition) is 2. The first-order valence-electron chi connectivity index (χ1n) is 11.4. The maximum atomic E-state index is 13.6. The number of ether oxygens (including phenoxy) is 2. The highest BCUT2D eigenvalue weighted by molar-refractivity contribution is 6.10. The molecule has 2 N–H and O–H groups in total. The molecule has 2 aromatic rings. The first-order chi connectivity index (χ1) is 15.9. The van der Waals surface area contributed by atoms with E-state index >= 15 is 0 Å². The Labute approximate surface area is 194 Å². The minimum atomic E-state index is -0.484. The molecule has 0 spiro atoms. The van der Waals surface area contributed by atoms with E-state index in [1.807, 2.05) is 63.2 Å². The van der Waals surface area contributed by atoms with Crippen molar-refractivity contribution in [2.45, 2.75) is 46.0 Å². The van der Waals surface area contributed by atoms with Gasteiger partial charge >= 0.3 is 0 Å². The third-order valence-corrected chi connectivity index (χ3v) is 6.23. The minimum Gasteiger partial charge on any atom is -0.493 e. The lowest BCUT2D eigenvalue weighted by atomic mass is 9.75. The Morgan fingerprint density at radius 1 is 1.12 bits per heavy atom. The number of para-hydroxylation sites is 1. The Morgan fingerprint density at radius 3 is 2.64 bits per heavy atom. The molecule has 6 nitrogen and oxygen atoms in total. The zero-order valence-corrected chi connectivity index (χ0v) is 19.6. The van der Waals surface area contributed by atoms with Gasteiger partial charge in [0.15, 0.2) is 17.3 Å². The number of aryl methyl sites for hydroxylation is 1. The minimum absolute atomic E-state index is 0.0790. The van der Waals surface area contributed by atoms with E-state index in [-0.39, 0.29) is 11.7 Å². The largest absolute Gasteiger partial charge is 0.493 e. The number of hydrogen-bond acceptors (Lipinski definition) is 5. The third-order valence-electron chi connectivity index (χ3n) is 6.23. The van der Waals surface area contributed by atoms with Crippen LogP contribution in [0.15, 0.2) is 65.0 Å². The predicted molar refractivity (Wildman–Crippen MR) is 128 cm³/mol. The van der Waals surface area contributed by atoms with Crippen molar-refractivity contribution in [2.75, 3.05) is 19.0 Å². The van der Waals surface area contributed by atoms with Crippen LogP contribution in [-0.2, 0) is 9.59 Å². The average molecular weight is 447 g/mol. The number of amides is 1. The molecule has 1 aliphatic heterocycles. The number of carbonyl (C=O) groups is 2. The van der Waals surface area contributed by atoms with Crippen LogP contribution in [0, 0.1) is 6.92 Å². The number of dihydropyridines is 1. The van der Waals surface area contributed by atoms with Crippen LogP contribution in [0.2, 0.25) is 0 Å². The van der Waals surface area contributed by atoms with E-state index in [0.717, 1.165) is 41.1 Å². The van der Waals surface area contributed by atoms with Crippen LogP contribution in [-0.4, -0.2) is 25.4 Å². The van der Waals surface area contributed by atoms with Gasteiger partial charge in [0.2, 0.25) is 0 Å². The molecule has 33 heavy (non-hydrogen) atoms. The summed E-state index contributed by atoms with van der Waals surface area (Å²) in [7, 11) is 1.59. The van der Waals surface area contributed by atoms with Crippen LogP contribution < -0.4 is 20.1 Å². The third kappa shape index (κ3) is 4.38. The molecule has 0 bridgehead atoms.